The Bertz CT molecular complexity index is 844. The molecule has 2 nitrogen and oxygen atoms in total. The van der Waals surface area contributed by atoms with E-state index in [4.69, 9.17) is 0 Å². The van der Waals surface area contributed by atoms with Crippen molar-refractivity contribution in [3.63, 3.8) is 0 Å². The first-order valence-corrected chi connectivity index (χ1v) is 20.9. The standard InChI is InChI=1S/C44H78N2/c1-3-5-7-9-11-13-15-17-18-20-21-23-25-27-32-36-43(40-42-34-30-29-31-35-42)44(46-39-38-45-41-46)37-33-28-26-24-22-19-16-14-12-10-8-6-4-2/h29-31,34-35,38-39,41,43-44H,3-28,32-33,36-37,40H2,1-2H3/p+1. The number of aromatic amines is 1. The number of H-pyrrole nitrogens is 1. The van der Waals surface area contributed by atoms with Gasteiger partial charge in [-0.05, 0) is 31.2 Å². The van der Waals surface area contributed by atoms with Gasteiger partial charge in [-0.15, -0.1) is 0 Å². The third kappa shape index (κ3) is 22.1. The molecule has 46 heavy (non-hydrogen) atoms. The van der Waals surface area contributed by atoms with Gasteiger partial charge in [0.15, 0.2) is 0 Å². The van der Waals surface area contributed by atoms with Crippen molar-refractivity contribution in [2.45, 2.75) is 219 Å². The van der Waals surface area contributed by atoms with Crippen molar-refractivity contribution in [1.29, 1.82) is 0 Å². The molecule has 0 amide bonds. The van der Waals surface area contributed by atoms with E-state index in [1.807, 2.05) is 0 Å². The van der Waals surface area contributed by atoms with Gasteiger partial charge in [0.2, 0.25) is 6.33 Å². The third-order valence-electron chi connectivity index (χ3n) is 10.6. The number of nitrogens with one attached hydrogen (secondary N) is 1. The molecule has 0 aliphatic rings. The van der Waals surface area contributed by atoms with Gasteiger partial charge in [-0.2, -0.15) is 0 Å². The summed E-state index contributed by atoms with van der Waals surface area (Å²) in [7, 11) is 0. The highest BCUT2D eigenvalue weighted by Gasteiger charge is 2.26. The summed E-state index contributed by atoms with van der Waals surface area (Å²) >= 11 is 0. The van der Waals surface area contributed by atoms with Crippen molar-refractivity contribution in [1.82, 2.24) is 4.98 Å². The Morgan fingerprint density at radius 1 is 0.478 bits per heavy atom. The molecule has 2 aromatic rings. The number of nitrogens with zero attached hydrogens (tertiary/aromatic N) is 1. The topological polar surface area (TPSA) is 19.7 Å². The normalized spacial score (nSPS) is 12.9. The van der Waals surface area contributed by atoms with Crippen LogP contribution in [0.2, 0.25) is 0 Å². The van der Waals surface area contributed by atoms with Crippen LogP contribution in [0.25, 0.3) is 0 Å². The second-order valence-corrected chi connectivity index (χ2v) is 14.8. The molecule has 0 aliphatic carbocycles. The predicted octanol–water partition coefficient (Wildman–Crippen LogP) is 14.4. The first-order valence-electron chi connectivity index (χ1n) is 20.9. The maximum Gasteiger partial charge on any atom is 0.241 e. The highest BCUT2D eigenvalue weighted by molar-refractivity contribution is 5.15. The molecular weight excluding hydrogens is 556 g/mol. The highest BCUT2D eigenvalue weighted by Crippen LogP contribution is 2.29. The molecule has 0 saturated heterocycles. The van der Waals surface area contributed by atoms with Crippen molar-refractivity contribution in [2.24, 2.45) is 5.92 Å². The summed E-state index contributed by atoms with van der Waals surface area (Å²) in [4.78, 5) is 3.36. The second kappa shape index (κ2) is 30.7. The van der Waals surface area contributed by atoms with Gasteiger partial charge in [0.05, 0.1) is 0 Å². The van der Waals surface area contributed by atoms with Crippen LogP contribution in [0.5, 0.6) is 0 Å². The zero-order chi connectivity index (χ0) is 32.6. The molecule has 0 radical (unpaired) electrons. The van der Waals surface area contributed by atoms with E-state index in [9.17, 15) is 0 Å². The second-order valence-electron chi connectivity index (χ2n) is 14.8. The number of unbranched alkanes of at least 4 members (excludes halogenated alkanes) is 26. The Balaban J connectivity index is 1.65. The minimum Gasteiger partial charge on any atom is -0.250 e. The van der Waals surface area contributed by atoms with E-state index in [1.165, 1.54) is 205 Å². The molecule has 0 spiro atoms. The molecule has 0 saturated carbocycles. The van der Waals surface area contributed by atoms with Crippen LogP contribution in [0.15, 0.2) is 49.1 Å². The molecule has 2 heteroatoms. The molecule has 1 aromatic carbocycles. The SMILES string of the molecule is CCCCCCCCCCCCCCCCCC(Cc1ccccc1)C(CCCCCCCCCCCCCCC)[n+]1cc[nH]c1. The summed E-state index contributed by atoms with van der Waals surface area (Å²) in [6.45, 7) is 4.62. The summed E-state index contributed by atoms with van der Waals surface area (Å²) in [5, 5.41) is 0. The Hall–Kier alpha value is -1.57. The van der Waals surface area contributed by atoms with Crippen LogP contribution < -0.4 is 4.57 Å². The molecule has 2 rings (SSSR count). The van der Waals surface area contributed by atoms with Gasteiger partial charge >= 0.3 is 0 Å². The minimum absolute atomic E-state index is 0.603. The van der Waals surface area contributed by atoms with Crippen molar-refractivity contribution in [3.05, 3.63) is 54.6 Å². The van der Waals surface area contributed by atoms with Gasteiger partial charge in [-0.25, -0.2) is 4.57 Å². The number of aromatic nitrogens is 2. The van der Waals surface area contributed by atoms with Gasteiger partial charge in [0.25, 0.3) is 0 Å². The molecule has 1 heterocycles. The van der Waals surface area contributed by atoms with Crippen molar-refractivity contribution >= 4 is 0 Å². The first kappa shape index (κ1) is 40.6. The van der Waals surface area contributed by atoms with Crippen molar-refractivity contribution < 1.29 is 4.57 Å². The Morgan fingerprint density at radius 3 is 1.26 bits per heavy atom. The van der Waals surface area contributed by atoms with Crippen molar-refractivity contribution in [3.8, 4) is 0 Å². The Morgan fingerprint density at radius 2 is 0.870 bits per heavy atom. The summed E-state index contributed by atoms with van der Waals surface area (Å²) in [5.41, 5.74) is 1.51. The van der Waals surface area contributed by atoms with Gasteiger partial charge in [0, 0.05) is 5.92 Å². The summed E-state index contributed by atoms with van der Waals surface area (Å²) in [6.07, 6.45) is 50.7. The fourth-order valence-electron chi connectivity index (χ4n) is 7.63. The Labute approximate surface area is 288 Å². The third-order valence-corrected chi connectivity index (χ3v) is 10.6. The van der Waals surface area contributed by atoms with Gasteiger partial charge in [-0.3, -0.25) is 4.98 Å². The zero-order valence-electron chi connectivity index (χ0n) is 31.1. The maximum atomic E-state index is 3.36. The zero-order valence-corrected chi connectivity index (χ0v) is 31.1. The van der Waals surface area contributed by atoms with Crippen LogP contribution in [0.1, 0.15) is 218 Å². The monoisotopic (exact) mass is 636 g/mol. The van der Waals surface area contributed by atoms with Crippen LogP contribution in [0.4, 0.5) is 0 Å². The maximum absolute atomic E-state index is 3.36. The summed E-state index contributed by atoms with van der Waals surface area (Å²) in [6, 6.07) is 11.9. The lowest BCUT2D eigenvalue weighted by Gasteiger charge is -2.25. The lowest BCUT2D eigenvalue weighted by Crippen LogP contribution is -2.42. The largest absolute Gasteiger partial charge is 0.250 e. The average molecular weight is 636 g/mol. The Kier molecular flexibility index (Phi) is 27.1. The molecule has 2 atom stereocenters. The lowest BCUT2D eigenvalue weighted by atomic mass is 9.84. The van der Waals surface area contributed by atoms with Crippen LogP contribution in [0.3, 0.4) is 0 Å². The molecule has 0 aliphatic heterocycles. The van der Waals surface area contributed by atoms with E-state index >= 15 is 0 Å². The van der Waals surface area contributed by atoms with Gasteiger partial charge in [-0.1, -0.05) is 218 Å². The van der Waals surface area contributed by atoms with Crippen LogP contribution in [0, 0.1) is 5.92 Å². The molecule has 264 valence electrons. The molecule has 1 aromatic heterocycles. The summed E-state index contributed by atoms with van der Waals surface area (Å²) in [5.74, 6) is 0.711. The first-order chi connectivity index (χ1) is 22.8. The number of rotatable bonds is 34. The van der Waals surface area contributed by atoms with Crippen molar-refractivity contribution in [2.75, 3.05) is 0 Å². The highest BCUT2D eigenvalue weighted by atomic mass is 15.1. The fourth-order valence-corrected chi connectivity index (χ4v) is 7.63. The quantitative estimate of drug-likeness (QED) is 0.0583. The fraction of sp³-hybridized carbons (Fsp3) is 0.795. The van der Waals surface area contributed by atoms with E-state index in [0.717, 1.165) is 0 Å². The average Bonchev–Trinajstić information content (AvgIpc) is 3.62. The van der Waals surface area contributed by atoms with Crippen LogP contribution >= 0.6 is 0 Å². The van der Waals surface area contributed by atoms with Gasteiger partial charge in [0.1, 0.15) is 18.4 Å². The minimum atomic E-state index is 0.603. The van der Waals surface area contributed by atoms with E-state index < -0.39 is 0 Å². The van der Waals surface area contributed by atoms with Gasteiger partial charge < -0.3 is 0 Å². The molecule has 0 bridgehead atoms. The summed E-state index contributed by atoms with van der Waals surface area (Å²) < 4.78 is 2.51. The predicted molar refractivity (Wildman–Crippen MR) is 204 cm³/mol. The number of hydrogen-bond donors (Lipinski definition) is 1. The molecule has 0 fully saturated rings. The van der Waals surface area contributed by atoms with E-state index in [2.05, 4.69) is 72.5 Å². The lowest BCUT2D eigenvalue weighted by molar-refractivity contribution is -0.730. The smallest absolute Gasteiger partial charge is 0.241 e. The molecule has 2 unspecified atom stereocenters. The van der Waals surface area contributed by atoms with E-state index in [-0.39, 0.29) is 0 Å². The molecule has 1 N–H and O–H groups in total. The van der Waals surface area contributed by atoms with Crippen LogP contribution in [-0.4, -0.2) is 4.98 Å². The van der Waals surface area contributed by atoms with Crippen LogP contribution in [-0.2, 0) is 6.42 Å². The number of hydrogen-bond acceptors (Lipinski definition) is 0. The number of benzene rings is 1. The number of imidazole rings is 1. The van der Waals surface area contributed by atoms with E-state index in [1.54, 1.807) is 0 Å². The van der Waals surface area contributed by atoms with E-state index in [0.29, 0.717) is 12.0 Å². The molecular formula is C44H79N2+.